The molecule has 24 heavy (non-hydrogen) atoms. The van der Waals surface area contributed by atoms with E-state index >= 15 is 0 Å². The second kappa shape index (κ2) is 6.83. The Morgan fingerprint density at radius 3 is 2.71 bits per heavy atom. The van der Waals surface area contributed by atoms with Gasteiger partial charge in [0.1, 0.15) is 0 Å². The second-order valence-corrected chi connectivity index (χ2v) is 7.29. The van der Waals surface area contributed by atoms with Crippen molar-refractivity contribution >= 4 is 12.0 Å². The lowest BCUT2D eigenvalue weighted by atomic mass is 9.78. The highest BCUT2D eigenvalue weighted by Gasteiger charge is 2.37. The van der Waals surface area contributed by atoms with Crippen molar-refractivity contribution in [2.45, 2.75) is 44.4 Å². The van der Waals surface area contributed by atoms with Crippen LogP contribution in [0.25, 0.3) is 0 Å². The lowest BCUT2D eigenvalue weighted by Gasteiger charge is -2.31. The molecule has 1 saturated carbocycles. The van der Waals surface area contributed by atoms with Gasteiger partial charge in [0, 0.05) is 25.0 Å². The van der Waals surface area contributed by atoms with Crippen molar-refractivity contribution in [3.05, 3.63) is 35.4 Å². The summed E-state index contributed by atoms with van der Waals surface area (Å²) in [5, 5.41) is 12.2. The molecule has 130 valence electrons. The van der Waals surface area contributed by atoms with Crippen LogP contribution >= 0.6 is 0 Å². The van der Waals surface area contributed by atoms with Gasteiger partial charge in [0.05, 0.1) is 5.92 Å². The third kappa shape index (κ3) is 3.40. The Labute approximate surface area is 143 Å². The molecular formula is C19H26N2O3. The highest BCUT2D eigenvalue weighted by molar-refractivity contribution is 5.77. The molecule has 0 radical (unpaired) electrons. The van der Waals surface area contributed by atoms with E-state index in [1.807, 2.05) is 0 Å². The summed E-state index contributed by atoms with van der Waals surface area (Å²) in [6, 6.07) is 8.46. The van der Waals surface area contributed by atoms with Gasteiger partial charge in [0.2, 0.25) is 0 Å². The minimum Gasteiger partial charge on any atom is -0.481 e. The van der Waals surface area contributed by atoms with Crippen molar-refractivity contribution in [1.82, 2.24) is 10.2 Å². The second-order valence-electron chi connectivity index (χ2n) is 7.29. The predicted octanol–water partition coefficient (Wildman–Crippen LogP) is 2.92. The number of likely N-dealkylation sites (tertiary alicyclic amines) is 1. The molecule has 1 aliphatic carbocycles. The van der Waals surface area contributed by atoms with E-state index in [9.17, 15) is 9.59 Å². The van der Waals surface area contributed by atoms with Gasteiger partial charge >= 0.3 is 12.0 Å². The minimum absolute atomic E-state index is 0.0214. The Kier molecular flexibility index (Phi) is 4.78. The summed E-state index contributed by atoms with van der Waals surface area (Å²) in [4.78, 5) is 25.1. The number of carbonyl (C=O) groups excluding carboxylic acids is 1. The molecular weight excluding hydrogens is 304 g/mol. The van der Waals surface area contributed by atoms with E-state index < -0.39 is 11.9 Å². The van der Waals surface area contributed by atoms with Gasteiger partial charge in [-0.1, -0.05) is 42.7 Å². The quantitative estimate of drug-likeness (QED) is 0.892. The topological polar surface area (TPSA) is 69.6 Å². The molecule has 1 aromatic rings. The first-order chi connectivity index (χ1) is 11.5. The number of hydrogen-bond donors (Lipinski definition) is 2. The molecule has 5 nitrogen and oxygen atoms in total. The summed E-state index contributed by atoms with van der Waals surface area (Å²) in [5.74, 6) is -1.23. The molecule has 0 spiro atoms. The predicted molar refractivity (Wildman–Crippen MR) is 92.0 cm³/mol. The summed E-state index contributed by atoms with van der Waals surface area (Å²) in [6.45, 7) is 3.57. The molecule has 5 heteroatoms. The first-order valence-corrected chi connectivity index (χ1v) is 8.83. The Hall–Kier alpha value is -2.04. The summed E-state index contributed by atoms with van der Waals surface area (Å²) in [6.07, 6.45) is 5.11. The lowest BCUT2D eigenvalue weighted by Crippen LogP contribution is -2.45. The van der Waals surface area contributed by atoms with Crippen LogP contribution in [-0.4, -0.2) is 41.6 Å². The zero-order chi connectivity index (χ0) is 17.2. The smallest absolute Gasteiger partial charge is 0.317 e. The zero-order valence-electron chi connectivity index (χ0n) is 14.3. The summed E-state index contributed by atoms with van der Waals surface area (Å²) >= 11 is 0. The fourth-order valence-corrected chi connectivity index (χ4v) is 4.10. The number of aryl methyl sites for hydroxylation is 1. The highest BCUT2D eigenvalue weighted by Crippen LogP contribution is 2.40. The van der Waals surface area contributed by atoms with Crippen LogP contribution in [0, 0.1) is 12.8 Å². The SMILES string of the molecule is Cc1cccc(C2(CNC(=O)N3CCC(C(=O)O)C3)CCCC2)c1. The zero-order valence-corrected chi connectivity index (χ0v) is 14.3. The van der Waals surface area contributed by atoms with Crippen LogP contribution in [0.4, 0.5) is 4.79 Å². The summed E-state index contributed by atoms with van der Waals surface area (Å²) in [5.41, 5.74) is 2.58. The monoisotopic (exact) mass is 330 g/mol. The molecule has 0 aromatic heterocycles. The molecule has 1 aliphatic heterocycles. The highest BCUT2D eigenvalue weighted by atomic mass is 16.4. The van der Waals surface area contributed by atoms with Crippen molar-refractivity contribution in [2.24, 2.45) is 5.92 Å². The van der Waals surface area contributed by atoms with E-state index in [1.165, 1.54) is 24.0 Å². The molecule has 1 unspecified atom stereocenters. The number of carboxylic acids is 1. The Morgan fingerprint density at radius 2 is 2.08 bits per heavy atom. The van der Waals surface area contributed by atoms with Crippen molar-refractivity contribution in [3.8, 4) is 0 Å². The number of aliphatic carboxylic acids is 1. The number of hydrogen-bond acceptors (Lipinski definition) is 2. The van der Waals surface area contributed by atoms with Gasteiger partial charge in [0.25, 0.3) is 0 Å². The van der Waals surface area contributed by atoms with Gasteiger partial charge in [-0.25, -0.2) is 4.79 Å². The number of rotatable bonds is 4. The van der Waals surface area contributed by atoms with Crippen LogP contribution in [-0.2, 0) is 10.2 Å². The van der Waals surface area contributed by atoms with Crippen LogP contribution in [0.15, 0.2) is 24.3 Å². The van der Waals surface area contributed by atoms with Crippen LogP contribution < -0.4 is 5.32 Å². The number of carbonyl (C=O) groups is 2. The van der Waals surface area contributed by atoms with Gasteiger partial charge in [0.15, 0.2) is 0 Å². The van der Waals surface area contributed by atoms with Crippen molar-refractivity contribution in [3.63, 3.8) is 0 Å². The molecule has 2 fully saturated rings. The fraction of sp³-hybridized carbons (Fsp3) is 0.579. The average Bonchev–Trinajstić information content (AvgIpc) is 3.23. The molecule has 3 rings (SSSR count). The molecule has 2 aliphatic rings. The van der Waals surface area contributed by atoms with Crippen LogP contribution in [0.5, 0.6) is 0 Å². The van der Waals surface area contributed by atoms with Crippen molar-refractivity contribution in [2.75, 3.05) is 19.6 Å². The Bertz CT molecular complexity index is 623. The Balaban J connectivity index is 1.65. The van der Waals surface area contributed by atoms with Gasteiger partial charge in [-0.05, 0) is 31.7 Å². The van der Waals surface area contributed by atoms with E-state index in [2.05, 4.69) is 36.5 Å². The number of nitrogens with one attached hydrogen (secondary N) is 1. The molecule has 0 bridgehead atoms. The number of urea groups is 1. The van der Waals surface area contributed by atoms with E-state index in [0.717, 1.165) is 12.8 Å². The average molecular weight is 330 g/mol. The van der Waals surface area contributed by atoms with Crippen molar-refractivity contribution < 1.29 is 14.7 Å². The number of benzene rings is 1. The van der Waals surface area contributed by atoms with Crippen LogP contribution in [0.2, 0.25) is 0 Å². The van der Waals surface area contributed by atoms with Crippen molar-refractivity contribution in [1.29, 1.82) is 0 Å². The lowest BCUT2D eigenvalue weighted by molar-refractivity contribution is -0.141. The summed E-state index contributed by atoms with van der Waals surface area (Å²) < 4.78 is 0. The number of nitrogens with zero attached hydrogens (tertiary/aromatic N) is 1. The largest absolute Gasteiger partial charge is 0.481 e. The number of carboxylic acid groups (broad SMARTS) is 1. The minimum atomic E-state index is -0.808. The van der Waals surface area contributed by atoms with Gasteiger partial charge < -0.3 is 15.3 Å². The number of amides is 2. The maximum absolute atomic E-state index is 12.4. The molecule has 2 N–H and O–H groups in total. The van der Waals surface area contributed by atoms with E-state index in [-0.39, 0.29) is 11.4 Å². The standard InChI is InChI=1S/C19H26N2O3/c1-14-5-4-6-16(11-14)19(8-2-3-9-19)13-20-18(24)21-10-7-15(12-21)17(22)23/h4-6,11,15H,2-3,7-10,12-13H2,1H3,(H,20,24)(H,22,23). The van der Waals surface area contributed by atoms with E-state index in [0.29, 0.717) is 26.1 Å². The molecule has 2 amide bonds. The van der Waals surface area contributed by atoms with Gasteiger partial charge in [-0.15, -0.1) is 0 Å². The van der Waals surface area contributed by atoms with Crippen LogP contribution in [0.3, 0.4) is 0 Å². The Morgan fingerprint density at radius 1 is 1.33 bits per heavy atom. The normalized spacial score (nSPS) is 22.5. The van der Waals surface area contributed by atoms with E-state index in [4.69, 9.17) is 5.11 Å². The third-order valence-electron chi connectivity index (χ3n) is 5.59. The first-order valence-electron chi connectivity index (χ1n) is 8.83. The first kappa shape index (κ1) is 16.8. The van der Waals surface area contributed by atoms with Gasteiger partial charge in [-0.3, -0.25) is 4.79 Å². The van der Waals surface area contributed by atoms with E-state index in [1.54, 1.807) is 4.90 Å². The fourth-order valence-electron chi connectivity index (χ4n) is 4.10. The molecule has 1 aromatic carbocycles. The summed E-state index contributed by atoms with van der Waals surface area (Å²) in [7, 11) is 0. The molecule has 1 saturated heterocycles. The molecule has 1 atom stereocenters. The molecule has 1 heterocycles. The maximum atomic E-state index is 12.4. The third-order valence-corrected chi connectivity index (χ3v) is 5.59. The maximum Gasteiger partial charge on any atom is 0.317 e. The van der Waals surface area contributed by atoms with Gasteiger partial charge in [-0.2, -0.15) is 0 Å². The van der Waals surface area contributed by atoms with Crippen LogP contribution in [0.1, 0.15) is 43.2 Å².